The van der Waals surface area contributed by atoms with E-state index in [1.165, 1.54) is 12.8 Å². The summed E-state index contributed by atoms with van der Waals surface area (Å²) in [5.41, 5.74) is 3.68. The lowest BCUT2D eigenvalue weighted by Crippen LogP contribution is -2.06. The van der Waals surface area contributed by atoms with Crippen LogP contribution in [0.15, 0.2) is 23.1 Å². The molecule has 0 spiro atoms. The van der Waals surface area contributed by atoms with Crippen molar-refractivity contribution in [1.29, 1.82) is 0 Å². The summed E-state index contributed by atoms with van der Waals surface area (Å²) in [6.45, 7) is 4.68. The van der Waals surface area contributed by atoms with Gasteiger partial charge in [-0.05, 0) is 18.3 Å². The van der Waals surface area contributed by atoms with Gasteiger partial charge in [-0.15, -0.1) is 5.98 Å². The first-order valence-electron chi connectivity index (χ1n) is 3.91. The first-order chi connectivity index (χ1) is 4.67. The van der Waals surface area contributed by atoms with E-state index in [2.05, 4.69) is 33.2 Å². The second kappa shape index (κ2) is 1.78. The zero-order valence-electron chi connectivity index (χ0n) is 6.65. The summed E-state index contributed by atoms with van der Waals surface area (Å²) in [5.74, 6) is 2.17. The Hall–Kier alpha value is -0.455. The second-order valence-corrected chi connectivity index (χ2v) is 4.09. The fourth-order valence-electron chi connectivity index (χ4n) is 1.93. The molecule has 2 aliphatic rings. The van der Waals surface area contributed by atoms with Crippen LogP contribution in [-0.4, -0.2) is 7.28 Å². The van der Waals surface area contributed by atoms with Crippen LogP contribution in [0.2, 0.25) is 0 Å². The molecule has 1 aliphatic heterocycles. The van der Waals surface area contributed by atoms with Crippen LogP contribution < -0.4 is 0 Å². The Bertz CT molecular complexity index is 221. The molecule has 0 atom stereocenters. The molecule has 0 amide bonds. The van der Waals surface area contributed by atoms with E-state index in [1.807, 2.05) is 0 Å². The van der Waals surface area contributed by atoms with Gasteiger partial charge in [0.25, 0.3) is 0 Å². The summed E-state index contributed by atoms with van der Waals surface area (Å²) in [7, 11) is 2.25. The van der Waals surface area contributed by atoms with Crippen LogP contribution in [0.5, 0.6) is 0 Å². The molecular weight excluding hydrogens is 119 g/mol. The summed E-state index contributed by atoms with van der Waals surface area (Å²) in [6, 6.07) is 0. The molecule has 0 N–H and O–H groups in total. The standard InChI is InChI=1S/C9H12B/c1-9(2)5-7-3-4-10-8(7)6-9/h3-4H,5-6H2,1-2H3. The molecule has 1 heteroatoms. The van der Waals surface area contributed by atoms with Gasteiger partial charge in [0.1, 0.15) is 0 Å². The maximum Gasteiger partial charge on any atom is 0.176 e. The number of hydrogen-bond donors (Lipinski definition) is 0. The summed E-state index contributed by atoms with van der Waals surface area (Å²) >= 11 is 0. The van der Waals surface area contributed by atoms with Crippen molar-refractivity contribution in [2.24, 2.45) is 5.41 Å². The normalized spacial score (nSPS) is 27.0. The lowest BCUT2D eigenvalue weighted by molar-refractivity contribution is 0.393. The third-order valence-corrected chi connectivity index (χ3v) is 2.35. The Morgan fingerprint density at radius 3 is 2.90 bits per heavy atom. The van der Waals surface area contributed by atoms with Crippen molar-refractivity contribution in [1.82, 2.24) is 0 Å². The Labute approximate surface area is 63.3 Å². The predicted octanol–water partition coefficient (Wildman–Crippen LogP) is 2.29. The molecule has 0 unspecified atom stereocenters. The van der Waals surface area contributed by atoms with E-state index in [0.29, 0.717) is 5.41 Å². The van der Waals surface area contributed by atoms with Crippen molar-refractivity contribution >= 4 is 7.28 Å². The van der Waals surface area contributed by atoms with Crippen LogP contribution in [0.1, 0.15) is 26.7 Å². The molecule has 1 radical (unpaired) electrons. The van der Waals surface area contributed by atoms with Crippen LogP contribution in [-0.2, 0) is 0 Å². The Morgan fingerprint density at radius 2 is 2.20 bits per heavy atom. The fourth-order valence-corrected chi connectivity index (χ4v) is 1.93. The highest BCUT2D eigenvalue weighted by atomic mass is 14.3. The zero-order chi connectivity index (χ0) is 7.19. The van der Waals surface area contributed by atoms with Gasteiger partial charge in [-0.3, -0.25) is 0 Å². The minimum absolute atomic E-state index is 0.534. The minimum Gasteiger partial charge on any atom is -0.116 e. The molecule has 2 rings (SSSR count). The molecule has 1 aliphatic carbocycles. The molecule has 0 aromatic rings. The summed E-state index contributed by atoms with van der Waals surface area (Å²) in [4.78, 5) is 0. The van der Waals surface area contributed by atoms with E-state index in [0.717, 1.165) is 0 Å². The van der Waals surface area contributed by atoms with Crippen molar-refractivity contribution in [3.05, 3.63) is 23.1 Å². The fraction of sp³-hybridized carbons (Fsp3) is 0.556. The Balaban J connectivity index is 2.23. The molecule has 1 heterocycles. The van der Waals surface area contributed by atoms with Gasteiger partial charge in [-0.25, -0.2) is 0 Å². The highest BCUT2D eigenvalue weighted by Crippen LogP contribution is 2.42. The van der Waals surface area contributed by atoms with Crippen LogP contribution in [0.4, 0.5) is 0 Å². The zero-order valence-corrected chi connectivity index (χ0v) is 6.65. The average Bonchev–Trinajstić information content (AvgIpc) is 2.20. The Kier molecular flexibility index (Phi) is 1.11. The first kappa shape index (κ1) is 6.27. The SMILES string of the molecule is CC1(C)CC2=C(C=C[B]2)C1. The molecular formula is C9H12B. The predicted molar refractivity (Wildman–Crippen MR) is 44.9 cm³/mol. The molecule has 0 saturated carbocycles. The maximum absolute atomic E-state index is 2.34. The van der Waals surface area contributed by atoms with Crippen LogP contribution in [0.25, 0.3) is 0 Å². The largest absolute Gasteiger partial charge is 0.176 e. The highest BCUT2D eigenvalue weighted by molar-refractivity contribution is 6.53. The maximum atomic E-state index is 2.34. The van der Waals surface area contributed by atoms with Crippen molar-refractivity contribution in [3.63, 3.8) is 0 Å². The average molecular weight is 131 g/mol. The van der Waals surface area contributed by atoms with Gasteiger partial charge in [-0.1, -0.05) is 31.0 Å². The van der Waals surface area contributed by atoms with Crippen LogP contribution in [0.3, 0.4) is 0 Å². The lowest BCUT2D eigenvalue weighted by atomic mass is 9.69. The van der Waals surface area contributed by atoms with Crippen LogP contribution in [0, 0.1) is 5.41 Å². The van der Waals surface area contributed by atoms with Gasteiger partial charge in [0.15, 0.2) is 7.28 Å². The van der Waals surface area contributed by atoms with Gasteiger partial charge < -0.3 is 0 Å². The van der Waals surface area contributed by atoms with Crippen LogP contribution >= 0.6 is 0 Å². The van der Waals surface area contributed by atoms with Crippen molar-refractivity contribution in [2.45, 2.75) is 26.7 Å². The third-order valence-electron chi connectivity index (χ3n) is 2.35. The van der Waals surface area contributed by atoms with Gasteiger partial charge >= 0.3 is 0 Å². The second-order valence-electron chi connectivity index (χ2n) is 4.09. The number of hydrogen-bond acceptors (Lipinski definition) is 0. The van der Waals surface area contributed by atoms with E-state index in [4.69, 9.17) is 0 Å². The van der Waals surface area contributed by atoms with E-state index >= 15 is 0 Å². The van der Waals surface area contributed by atoms with Gasteiger partial charge in [-0.2, -0.15) is 0 Å². The summed E-state index contributed by atoms with van der Waals surface area (Å²) in [6.07, 6.45) is 4.80. The summed E-state index contributed by atoms with van der Waals surface area (Å²) in [5, 5.41) is 0. The first-order valence-corrected chi connectivity index (χ1v) is 3.91. The molecule has 10 heavy (non-hydrogen) atoms. The third kappa shape index (κ3) is 0.846. The van der Waals surface area contributed by atoms with Gasteiger partial charge in [0.2, 0.25) is 0 Å². The van der Waals surface area contributed by atoms with Gasteiger partial charge in [0.05, 0.1) is 0 Å². The van der Waals surface area contributed by atoms with Gasteiger partial charge in [0, 0.05) is 0 Å². The lowest BCUT2D eigenvalue weighted by Gasteiger charge is -2.17. The van der Waals surface area contributed by atoms with Crippen molar-refractivity contribution in [2.75, 3.05) is 0 Å². The van der Waals surface area contributed by atoms with E-state index in [-0.39, 0.29) is 0 Å². The van der Waals surface area contributed by atoms with E-state index < -0.39 is 0 Å². The molecule has 0 bridgehead atoms. The molecule has 0 nitrogen and oxygen atoms in total. The highest BCUT2D eigenvalue weighted by Gasteiger charge is 2.30. The molecule has 51 valence electrons. The minimum atomic E-state index is 0.534. The molecule has 0 aromatic carbocycles. The molecule has 0 aromatic heterocycles. The Morgan fingerprint density at radius 1 is 1.40 bits per heavy atom. The number of rotatable bonds is 0. The van der Waals surface area contributed by atoms with Crippen molar-refractivity contribution < 1.29 is 0 Å². The van der Waals surface area contributed by atoms with Crippen molar-refractivity contribution in [3.8, 4) is 0 Å². The van der Waals surface area contributed by atoms with E-state index in [1.54, 1.807) is 11.0 Å². The quantitative estimate of drug-likeness (QED) is 0.442. The number of allylic oxidation sites excluding steroid dienone is 3. The molecule has 0 saturated heterocycles. The summed E-state index contributed by atoms with van der Waals surface area (Å²) < 4.78 is 0. The monoisotopic (exact) mass is 131 g/mol. The molecule has 0 fully saturated rings. The smallest absolute Gasteiger partial charge is 0.116 e. The topological polar surface area (TPSA) is 0 Å². The van der Waals surface area contributed by atoms with E-state index in [9.17, 15) is 0 Å².